The molecule has 1 saturated heterocycles. The van der Waals surface area contributed by atoms with E-state index < -0.39 is 31.1 Å². The monoisotopic (exact) mass is 409 g/mol. The minimum Gasteiger partial charge on any atom is -0.394 e. The van der Waals surface area contributed by atoms with E-state index in [-0.39, 0.29) is 21.1 Å². The maximum atomic E-state index is 10.4. The highest BCUT2D eigenvalue weighted by atomic mass is 35.5. The third kappa shape index (κ3) is 3.19. The van der Waals surface area contributed by atoms with Crippen LogP contribution in [0.15, 0.2) is 6.07 Å². The first kappa shape index (κ1) is 19.0. The van der Waals surface area contributed by atoms with Gasteiger partial charge in [0.15, 0.2) is 6.23 Å². The molecular weight excluding hydrogens is 393 g/mol. The normalized spacial score (nSPS) is 26.8. The quantitative estimate of drug-likeness (QED) is 0.578. The van der Waals surface area contributed by atoms with Gasteiger partial charge in [0.2, 0.25) is 5.95 Å². The SMILES string of the molecule is CC(C)Nc1nc2c(Cl)c(Cl)c(Cl)cc2n1[C@H]1O[C@@H](CO)[C@H](O)[C@@H]1O. The molecule has 0 spiro atoms. The number of benzene rings is 1. The van der Waals surface area contributed by atoms with Crippen LogP contribution in [0.1, 0.15) is 20.1 Å². The summed E-state index contributed by atoms with van der Waals surface area (Å²) in [6.07, 6.45) is -4.40. The Balaban J connectivity index is 2.21. The molecule has 1 aromatic heterocycles. The Morgan fingerprint density at radius 1 is 1.24 bits per heavy atom. The van der Waals surface area contributed by atoms with Crippen molar-refractivity contribution in [2.75, 3.05) is 11.9 Å². The number of aliphatic hydroxyl groups is 3. The summed E-state index contributed by atoms with van der Waals surface area (Å²) in [5.41, 5.74) is 0.870. The van der Waals surface area contributed by atoms with Crippen LogP contribution in [0.3, 0.4) is 0 Å². The van der Waals surface area contributed by atoms with Gasteiger partial charge < -0.3 is 25.4 Å². The molecule has 2 aromatic rings. The van der Waals surface area contributed by atoms with Gasteiger partial charge in [-0.05, 0) is 19.9 Å². The second-order valence-corrected chi connectivity index (χ2v) is 7.35. The van der Waals surface area contributed by atoms with E-state index in [9.17, 15) is 15.3 Å². The van der Waals surface area contributed by atoms with Crippen LogP contribution in [0.4, 0.5) is 5.95 Å². The van der Waals surface area contributed by atoms with Gasteiger partial charge in [0.1, 0.15) is 23.8 Å². The molecule has 10 heteroatoms. The number of halogens is 3. The minimum atomic E-state index is -1.27. The Morgan fingerprint density at radius 3 is 2.48 bits per heavy atom. The molecule has 138 valence electrons. The van der Waals surface area contributed by atoms with E-state index in [1.54, 1.807) is 10.6 Å². The number of aliphatic hydroxyl groups excluding tert-OH is 3. The highest BCUT2D eigenvalue weighted by molar-refractivity contribution is 6.50. The van der Waals surface area contributed by atoms with Crippen LogP contribution in [-0.4, -0.2) is 55.8 Å². The summed E-state index contributed by atoms with van der Waals surface area (Å²) in [6, 6.07) is 1.59. The molecule has 1 fully saturated rings. The van der Waals surface area contributed by atoms with Crippen LogP contribution < -0.4 is 5.32 Å². The van der Waals surface area contributed by atoms with Crippen molar-refractivity contribution < 1.29 is 20.1 Å². The molecule has 1 aliphatic heterocycles. The molecule has 0 saturated carbocycles. The van der Waals surface area contributed by atoms with E-state index >= 15 is 0 Å². The number of fused-ring (bicyclic) bond motifs is 1. The zero-order valence-electron chi connectivity index (χ0n) is 13.4. The van der Waals surface area contributed by atoms with Crippen molar-refractivity contribution >= 4 is 51.8 Å². The summed E-state index contributed by atoms with van der Waals surface area (Å²) < 4.78 is 7.20. The van der Waals surface area contributed by atoms with Crippen LogP contribution in [0.2, 0.25) is 15.1 Å². The molecular formula is C15H18Cl3N3O4. The Morgan fingerprint density at radius 2 is 1.92 bits per heavy atom. The van der Waals surface area contributed by atoms with Crippen LogP contribution in [0.25, 0.3) is 11.0 Å². The first-order chi connectivity index (χ1) is 11.8. The van der Waals surface area contributed by atoms with Gasteiger partial charge in [-0.2, -0.15) is 0 Å². The van der Waals surface area contributed by atoms with E-state index in [1.807, 2.05) is 13.8 Å². The lowest BCUT2D eigenvalue weighted by atomic mass is 10.1. The largest absolute Gasteiger partial charge is 0.394 e. The molecule has 0 aliphatic carbocycles. The van der Waals surface area contributed by atoms with E-state index in [0.29, 0.717) is 17.0 Å². The Kier molecular flexibility index (Phi) is 5.37. The topological polar surface area (TPSA) is 99.8 Å². The van der Waals surface area contributed by atoms with Crippen LogP contribution in [-0.2, 0) is 4.74 Å². The van der Waals surface area contributed by atoms with Crippen molar-refractivity contribution in [1.82, 2.24) is 9.55 Å². The molecule has 1 aliphatic rings. The smallest absolute Gasteiger partial charge is 0.206 e. The third-order valence-corrected chi connectivity index (χ3v) is 5.26. The van der Waals surface area contributed by atoms with Crippen molar-refractivity contribution in [1.29, 1.82) is 0 Å². The first-order valence-corrected chi connectivity index (χ1v) is 8.84. The summed E-state index contributed by atoms with van der Waals surface area (Å²) in [4.78, 5) is 4.45. The molecule has 25 heavy (non-hydrogen) atoms. The maximum absolute atomic E-state index is 10.4. The average Bonchev–Trinajstić information content (AvgIpc) is 3.03. The Bertz CT molecular complexity index is 798. The number of ether oxygens (including phenoxy) is 1. The predicted molar refractivity (Wildman–Crippen MR) is 96.5 cm³/mol. The van der Waals surface area contributed by atoms with Gasteiger partial charge in [-0.25, -0.2) is 4.98 Å². The number of anilines is 1. The fourth-order valence-electron chi connectivity index (χ4n) is 2.85. The lowest BCUT2D eigenvalue weighted by molar-refractivity contribution is -0.0499. The summed E-state index contributed by atoms with van der Waals surface area (Å²) in [6.45, 7) is 3.41. The van der Waals surface area contributed by atoms with Gasteiger partial charge in [0.25, 0.3) is 0 Å². The average molecular weight is 411 g/mol. The molecule has 1 aromatic carbocycles. The van der Waals surface area contributed by atoms with E-state index in [0.717, 1.165) is 0 Å². The number of hydrogen-bond acceptors (Lipinski definition) is 6. The number of aromatic nitrogens is 2. The van der Waals surface area contributed by atoms with Crippen molar-refractivity contribution in [2.45, 2.75) is 44.4 Å². The number of rotatable bonds is 4. The highest BCUT2D eigenvalue weighted by Crippen LogP contribution is 2.41. The summed E-state index contributed by atoms with van der Waals surface area (Å²) >= 11 is 18.5. The van der Waals surface area contributed by atoms with Crippen molar-refractivity contribution in [3.05, 3.63) is 21.1 Å². The van der Waals surface area contributed by atoms with Gasteiger partial charge in [-0.3, -0.25) is 4.57 Å². The van der Waals surface area contributed by atoms with E-state index in [4.69, 9.17) is 39.5 Å². The number of nitrogens with zero attached hydrogens (tertiary/aromatic N) is 2. The van der Waals surface area contributed by atoms with Crippen LogP contribution in [0, 0.1) is 0 Å². The van der Waals surface area contributed by atoms with Crippen molar-refractivity contribution in [3.63, 3.8) is 0 Å². The van der Waals surface area contributed by atoms with Crippen LogP contribution >= 0.6 is 34.8 Å². The summed E-state index contributed by atoms with van der Waals surface area (Å²) in [7, 11) is 0. The predicted octanol–water partition coefficient (Wildman–Crippen LogP) is 2.43. The summed E-state index contributed by atoms with van der Waals surface area (Å²) in [5.74, 6) is 0.375. The summed E-state index contributed by atoms with van der Waals surface area (Å²) in [5, 5.41) is 33.5. The first-order valence-electron chi connectivity index (χ1n) is 7.70. The van der Waals surface area contributed by atoms with Crippen molar-refractivity contribution in [2.24, 2.45) is 0 Å². The van der Waals surface area contributed by atoms with Crippen LogP contribution in [0.5, 0.6) is 0 Å². The molecule has 3 rings (SSSR count). The fraction of sp³-hybridized carbons (Fsp3) is 0.533. The van der Waals surface area contributed by atoms with Crippen molar-refractivity contribution in [3.8, 4) is 0 Å². The highest BCUT2D eigenvalue weighted by Gasteiger charge is 2.44. The number of imidazole rings is 1. The van der Waals surface area contributed by atoms with Gasteiger partial charge in [-0.15, -0.1) is 0 Å². The molecule has 4 N–H and O–H groups in total. The maximum Gasteiger partial charge on any atom is 0.206 e. The minimum absolute atomic E-state index is 0.0254. The molecule has 2 heterocycles. The van der Waals surface area contributed by atoms with Gasteiger partial charge >= 0.3 is 0 Å². The lowest BCUT2D eigenvalue weighted by Crippen LogP contribution is -2.33. The molecule has 4 atom stereocenters. The zero-order valence-corrected chi connectivity index (χ0v) is 15.7. The Labute approximate surface area is 159 Å². The number of nitrogens with one attached hydrogen (secondary N) is 1. The second-order valence-electron chi connectivity index (χ2n) is 6.19. The van der Waals surface area contributed by atoms with E-state index in [1.165, 1.54) is 0 Å². The molecule has 0 amide bonds. The second kappa shape index (κ2) is 7.08. The fourth-order valence-corrected chi connectivity index (χ4v) is 3.48. The third-order valence-electron chi connectivity index (χ3n) is 4.01. The number of hydrogen-bond donors (Lipinski definition) is 4. The lowest BCUT2D eigenvalue weighted by Gasteiger charge is -2.21. The molecule has 7 nitrogen and oxygen atoms in total. The molecule has 0 bridgehead atoms. The molecule has 0 unspecified atom stereocenters. The molecule has 0 radical (unpaired) electrons. The van der Waals surface area contributed by atoms with Gasteiger partial charge in [-0.1, -0.05) is 34.8 Å². The van der Waals surface area contributed by atoms with E-state index in [2.05, 4.69) is 10.3 Å². The van der Waals surface area contributed by atoms with Gasteiger partial charge in [0.05, 0.1) is 27.2 Å². The zero-order chi connectivity index (χ0) is 18.5. The standard InChI is InChI=1S/C15H18Cl3N3O4/c1-5(2)19-15-20-11-7(3-6(16)9(17)10(11)18)21(15)14-13(24)12(23)8(4-22)25-14/h3,5,8,12-14,22-24H,4H2,1-2H3,(H,19,20)/t8-,12-,13-,14-/m0/s1. The Hall–Kier alpha value is -0.800. The van der Waals surface area contributed by atoms with Gasteiger partial charge in [0, 0.05) is 6.04 Å².